The number of thiophene rings is 1. The molecule has 0 N–H and O–H groups in total. The molecule has 0 aromatic carbocycles. The van der Waals surface area contributed by atoms with Crippen LogP contribution >= 0.6 is 23.1 Å². The number of hydrogen-bond acceptors (Lipinski definition) is 3. The van der Waals surface area contributed by atoms with Gasteiger partial charge in [-0.15, -0.1) is 23.1 Å². The van der Waals surface area contributed by atoms with E-state index in [0.29, 0.717) is 11.7 Å². The van der Waals surface area contributed by atoms with Gasteiger partial charge in [0, 0.05) is 21.3 Å². The first kappa shape index (κ1) is 12.8. The summed E-state index contributed by atoms with van der Waals surface area (Å²) in [5.74, 6) is 0.269. The molecule has 1 aromatic rings. The maximum Gasteiger partial charge on any atom is 0.131 e. The highest BCUT2D eigenvalue weighted by Crippen LogP contribution is 2.42. The van der Waals surface area contributed by atoms with Gasteiger partial charge in [-0.2, -0.15) is 0 Å². The Bertz CT molecular complexity index is 309. The lowest BCUT2D eigenvalue weighted by molar-refractivity contribution is -0.117. The van der Waals surface area contributed by atoms with E-state index in [1.54, 1.807) is 18.3 Å². The summed E-state index contributed by atoms with van der Waals surface area (Å²) in [6, 6.07) is 4.17. The van der Waals surface area contributed by atoms with Gasteiger partial charge in [-0.25, -0.2) is 0 Å². The average molecular weight is 242 g/mol. The van der Waals surface area contributed by atoms with Crippen molar-refractivity contribution in [2.45, 2.75) is 44.1 Å². The van der Waals surface area contributed by atoms with E-state index in [-0.39, 0.29) is 10.5 Å². The fourth-order valence-corrected chi connectivity index (χ4v) is 3.75. The van der Waals surface area contributed by atoms with Crippen LogP contribution in [-0.4, -0.2) is 10.5 Å². The minimum Gasteiger partial charge on any atom is -0.300 e. The van der Waals surface area contributed by atoms with Crippen molar-refractivity contribution >= 4 is 28.9 Å². The van der Waals surface area contributed by atoms with Gasteiger partial charge in [-0.1, -0.05) is 26.8 Å². The fraction of sp³-hybridized carbons (Fsp3) is 0.583. The molecule has 0 aliphatic rings. The molecule has 0 amide bonds. The molecule has 0 saturated carbocycles. The Morgan fingerprint density at radius 2 is 2.20 bits per heavy atom. The molecule has 1 nitrogen and oxygen atoms in total. The van der Waals surface area contributed by atoms with Crippen molar-refractivity contribution in [2.75, 3.05) is 0 Å². The monoisotopic (exact) mass is 242 g/mol. The van der Waals surface area contributed by atoms with Crippen molar-refractivity contribution in [3.63, 3.8) is 0 Å². The summed E-state index contributed by atoms with van der Waals surface area (Å²) in [5, 5.41) is 2.40. The standard InChI is InChI=1S/C12H18OS2/c1-9(13)8-11(15-12(2,3)4)10-6-5-7-14-10/h5-7,11H,8H2,1-4H3/t11-/m1/s1. The van der Waals surface area contributed by atoms with Crippen LogP contribution in [0.15, 0.2) is 17.5 Å². The van der Waals surface area contributed by atoms with E-state index >= 15 is 0 Å². The largest absolute Gasteiger partial charge is 0.300 e. The predicted octanol–water partition coefficient (Wildman–Crippen LogP) is 4.30. The number of thioether (sulfide) groups is 1. The van der Waals surface area contributed by atoms with Gasteiger partial charge in [0.1, 0.15) is 5.78 Å². The van der Waals surface area contributed by atoms with E-state index in [1.807, 2.05) is 11.8 Å². The second-order valence-electron chi connectivity index (χ2n) is 4.64. The van der Waals surface area contributed by atoms with Gasteiger partial charge < -0.3 is 0 Å². The Hall–Kier alpha value is -0.280. The molecule has 0 saturated heterocycles. The summed E-state index contributed by atoms with van der Waals surface area (Å²) in [4.78, 5) is 12.5. The van der Waals surface area contributed by atoms with E-state index in [2.05, 4.69) is 38.3 Å². The number of carbonyl (C=O) groups is 1. The molecule has 0 unspecified atom stereocenters. The number of carbonyl (C=O) groups excluding carboxylic acids is 1. The van der Waals surface area contributed by atoms with Crippen LogP contribution in [-0.2, 0) is 4.79 Å². The minimum absolute atomic E-state index is 0.199. The maximum absolute atomic E-state index is 11.2. The molecular formula is C12H18OS2. The Kier molecular flexibility index (Phi) is 4.41. The van der Waals surface area contributed by atoms with E-state index in [0.717, 1.165) is 0 Å². The van der Waals surface area contributed by atoms with Gasteiger partial charge in [0.25, 0.3) is 0 Å². The molecule has 0 bridgehead atoms. The number of ketones is 1. The smallest absolute Gasteiger partial charge is 0.131 e. The number of hydrogen-bond donors (Lipinski definition) is 0. The van der Waals surface area contributed by atoms with Gasteiger partial charge >= 0.3 is 0 Å². The molecule has 15 heavy (non-hydrogen) atoms. The lowest BCUT2D eigenvalue weighted by atomic mass is 10.2. The molecule has 0 radical (unpaired) electrons. The van der Waals surface area contributed by atoms with Crippen molar-refractivity contribution in [1.82, 2.24) is 0 Å². The van der Waals surface area contributed by atoms with E-state index in [1.165, 1.54) is 4.88 Å². The molecule has 0 spiro atoms. The zero-order chi connectivity index (χ0) is 11.5. The third-order valence-electron chi connectivity index (χ3n) is 1.83. The first-order valence-corrected chi connectivity index (χ1v) is 6.85. The average Bonchev–Trinajstić information content (AvgIpc) is 2.50. The molecule has 0 aliphatic carbocycles. The van der Waals surface area contributed by atoms with E-state index in [9.17, 15) is 4.79 Å². The van der Waals surface area contributed by atoms with Crippen LogP contribution in [0.25, 0.3) is 0 Å². The molecular weight excluding hydrogens is 224 g/mol. The number of rotatable bonds is 4. The van der Waals surface area contributed by atoms with Gasteiger partial charge in [0.05, 0.1) is 0 Å². The van der Waals surface area contributed by atoms with E-state index < -0.39 is 0 Å². The van der Waals surface area contributed by atoms with Crippen molar-refractivity contribution in [1.29, 1.82) is 0 Å². The second-order valence-corrected chi connectivity index (χ2v) is 7.65. The summed E-state index contributed by atoms with van der Waals surface area (Å²) in [5.41, 5.74) is 0. The summed E-state index contributed by atoms with van der Waals surface area (Å²) in [6.45, 7) is 8.25. The van der Waals surface area contributed by atoms with Gasteiger partial charge in [-0.05, 0) is 18.4 Å². The Balaban J connectivity index is 2.75. The molecule has 1 heterocycles. The number of Topliss-reactive ketones (excluding diaryl/α,β-unsaturated/α-hetero) is 1. The summed E-state index contributed by atoms with van der Waals surface area (Å²) in [7, 11) is 0. The van der Waals surface area contributed by atoms with Crippen LogP contribution in [0.1, 0.15) is 44.2 Å². The summed E-state index contributed by atoms with van der Waals surface area (Å²) < 4.78 is 0.199. The van der Waals surface area contributed by atoms with Gasteiger partial charge in [-0.3, -0.25) is 4.79 Å². The fourth-order valence-electron chi connectivity index (χ4n) is 1.36. The zero-order valence-corrected chi connectivity index (χ0v) is 11.4. The van der Waals surface area contributed by atoms with Crippen LogP contribution < -0.4 is 0 Å². The highest BCUT2D eigenvalue weighted by Gasteiger charge is 2.22. The lowest BCUT2D eigenvalue weighted by Gasteiger charge is -2.24. The normalized spacial score (nSPS) is 13.9. The molecule has 0 fully saturated rings. The highest BCUT2D eigenvalue weighted by molar-refractivity contribution is 8.00. The molecule has 1 atom stereocenters. The van der Waals surface area contributed by atoms with Crippen LogP contribution in [0.5, 0.6) is 0 Å². The Labute approximate surface area is 100 Å². The van der Waals surface area contributed by atoms with Crippen molar-refractivity contribution in [2.24, 2.45) is 0 Å². The second kappa shape index (κ2) is 5.17. The minimum atomic E-state index is 0.199. The third kappa shape index (κ3) is 4.85. The van der Waals surface area contributed by atoms with Crippen LogP contribution in [0, 0.1) is 0 Å². The highest BCUT2D eigenvalue weighted by atomic mass is 32.2. The molecule has 3 heteroatoms. The lowest BCUT2D eigenvalue weighted by Crippen LogP contribution is -2.12. The Morgan fingerprint density at radius 3 is 2.60 bits per heavy atom. The summed E-state index contributed by atoms with van der Waals surface area (Å²) in [6.07, 6.45) is 0.641. The Morgan fingerprint density at radius 1 is 1.53 bits per heavy atom. The topological polar surface area (TPSA) is 17.1 Å². The maximum atomic E-state index is 11.2. The van der Waals surface area contributed by atoms with Crippen LogP contribution in [0.3, 0.4) is 0 Å². The van der Waals surface area contributed by atoms with Gasteiger partial charge in [0.2, 0.25) is 0 Å². The zero-order valence-electron chi connectivity index (χ0n) is 9.74. The predicted molar refractivity (Wildman–Crippen MR) is 69.7 cm³/mol. The van der Waals surface area contributed by atoms with Crippen LogP contribution in [0.2, 0.25) is 0 Å². The van der Waals surface area contributed by atoms with Gasteiger partial charge in [0.15, 0.2) is 0 Å². The summed E-state index contributed by atoms with van der Waals surface area (Å²) >= 11 is 3.62. The van der Waals surface area contributed by atoms with E-state index in [4.69, 9.17) is 0 Å². The van der Waals surface area contributed by atoms with Crippen molar-refractivity contribution < 1.29 is 4.79 Å². The van der Waals surface area contributed by atoms with Crippen molar-refractivity contribution in [3.8, 4) is 0 Å². The molecule has 1 aromatic heterocycles. The van der Waals surface area contributed by atoms with Crippen molar-refractivity contribution in [3.05, 3.63) is 22.4 Å². The molecule has 84 valence electrons. The van der Waals surface area contributed by atoms with Crippen LogP contribution in [0.4, 0.5) is 0 Å². The first-order chi connectivity index (χ1) is 6.88. The molecule has 1 rings (SSSR count). The quantitative estimate of drug-likeness (QED) is 0.783. The molecule has 0 aliphatic heterocycles. The SMILES string of the molecule is CC(=O)C[C@@H](SC(C)(C)C)c1cccs1. The third-order valence-corrected chi connectivity index (χ3v) is 4.38. The first-order valence-electron chi connectivity index (χ1n) is 5.09.